The number of nitrogens with zero attached hydrogens (tertiary/aromatic N) is 1. The van der Waals surface area contributed by atoms with Crippen LogP contribution < -0.4 is 0 Å². The fourth-order valence-electron chi connectivity index (χ4n) is 1.67. The minimum absolute atomic E-state index is 0.356. The van der Waals surface area contributed by atoms with Crippen LogP contribution in [0.4, 0.5) is 0 Å². The van der Waals surface area contributed by atoms with E-state index < -0.39 is 5.97 Å². The standard InChI is InChI=1S/C14H12INO2/c1-9-4-3-5-10(6-9)11-7-12(15)13(16-8-11)14(17)18-2/h3-8H,1-2H3. The number of halogens is 1. The lowest BCUT2D eigenvalue weighted by atomic mass is 10.1. The van der Waals surface area contributed by atoms with E-state index in [1.54, 1.807) is 6.20 Å². The van der Waals surface area contributed by atoms with E-state index >= 15 is 0 Å². The van der Waals surface area contributed by atoms with Crippen LogP contribution in [0.1, 0.15) is 16.1 Å². The third-order valence-corrected chi connectivity index (χ3v) is 3.39. The number of pyridine rings is 1. The molecule has 0 saturated carbocycles. The second kappa shape index (κ2) is 5.48. The van der Waals surface area contributed by atoms with E-state index in [9.17, 15) is 4.79 Å². The molecule has 3 nitrogen and oxygen atoms in total. The van der Waals surface area contributed by atoms with Crippen molar-refractivity contribution in [2.45, 2.75) is 6.92 Å². The zero-order valence-corrected chi connectivity index (χ0v) is 12.3. The molecular weight excluding hydrogens is 341 g/mol. The Morgan fingerprint density at radius 1 is 1.28 bits per heavy atom. The number of hydrogen-bond donors (Lipinski definition) is 0. The van der Waals surface area contributed by atoms with Gasteiger partial charge in [-0.3, -0.25) is 0 Å². The summed E-state index contributed by atoms with van der Waals surface area (Å²) in [7, 11) is 1.36. The molecule has 0 radical (unpaired) electrons. The highest BCUT2D eigenvalue weighted by atomic mass is 127. The first-order valence-electron chi connectivity index (χ1n) is 5.42. The van der Waals surface area contributed by atoms with Crippen molar-refractivity contribution in [3.8, 4) is 11.1 Å². The molecule has 18 heavy (non-hydrogen) atoms. The molecule has 0 bridgehead atoms. The van der Waals surface area contributed by atoms with Crippen LogP contribution in [0.3, 0.4) is 0 Å². The van der Waals surface area contributed by atoms with Gasteiger partial charge in [-0.25, -0.2) is 9.78 Å². The SMILES string of the molecule is COC(=O)c1ncc(-c2cccc(C)c2)cc1I. The molecule has 1 aromatic carbocycles. The van der Waals surface area contributed by atoms with E-state index in [1.807, 2.05) is 31.2 Å². The monoisotopic (exact) mass is 353 g/mol. The van der Waals surface area contributed by atoms with Gasteiger partial charge in [0, 0.05) is 15.3 Å². The normalized spacial score (nSPS) is 10.2. The zero-order chi connectivity index (χ0) is 13.1. The number of esters is 1. The van der Waals surface area contributed by atoms with Gasteiger partial charge in [-0.2, -0.15) is 0 Å². The Balaban J connectivity index is 2.43. The van der Waals surface area contributed by atoms with Gasteiger partial charge in [-0.1, -0.05) is 29.8 Å². The Hall–Kier alpha value is -1.43. The van der Waals surface area contributed by atoms with Crippen LogP contribution in [0, 0.1) is 10.5 Å². The molecule has 0 aliphatic carbocycles. The maximum atomic E-state index is 11.4. The molecular formula is C14H12INO2. The van der Waals surface area contributed by atoms with Gasteiger partial charge in [-0.05, 0) is 41.1 Å². The summed E-state index contributed by atoms with van der Waals surface area (Å²) in [5, 5.41) is 0. The molecule has 0 unspecified atom stereocenters. The number of benzene rings is 1. The highest BCUT2D eigenvalue weighted by Gasteiger charge is 2.12. The maximum absolute atomic E-state index is 11.4. The van der Waals surface area contributed by atoms with Crippen LogP contribution >= 0.6 is 22.6 Å². The second-order valence-electron chi connectivity index (χ2n) is 3.92. The minimum Gasteiger partial charge on any atom is -0.464 e. The molecule has 0 aliphatic heterocycles. The summed E-state index contributed by atoms with van der Waals surface area (Å²) in [6.07, 6.45) is 1.70. The summed E-state index contributed by atoms with van der Waals surface area (Å²) in [5.74, 6) is -0.407. The van der Waals surface area contributed by atoms with Gasteiger partial charge >= 0.3 is 5.97 Å². The first kappa shape index (κ1) is 13.0. The smallest absolute Gasteiger partial charge is 0.357 e. The molecule has 2 aromatic rings. The predicted octanol–water partition coefficient (Wildman–Crippen LogP) is 3.45. The second-order valence-corrected chi connectivity index (χ2v) is 5.08. The molecule has 0 saturated heterocycles. The molecule has 0 amide bonds. The molecule has 0 N–H and O–H groups in total. The van der Waals surface area contributed by atoms with Crippen molar-refractivity contribution in [1.29, 1.82) is 0 Å². The highest BCUT2D eigenvalue weighted by molar-refractivity contribution is 14.1. The minimum atomic E-state index is -0.407. The largest absolute Gasteiger partial charge is 0.464 e. The van der Waals surface area contributed by atoms with Crippen LogP contribution in [0.15, 0.2) is 36.5 Å². The third-order valence-electron chi connectivity index (χ3n) is 2.57. The maximum Gasteiger partial charge on any atom is 0.357 e. The van der Waals surface area contributed by atoms with Gasteiger partial charge < -0.3 is 4.74 Å². The van der Waals surface area contributed by atoms with Crippen LogP contribution in [0.2, 0.25) is 0 Å². The fraction of sp³-hybridized carbons (Fsp3) is 0.143. The van der Waals surface area contributed by atoms with Gasteiger partial charge in [0.25, 0.3) is 0 Å². The number of aromatic nitrogens is 1. The first-order chi connectivity index (χ1) is 8.61. The number of carbonyl (C=O) groups excluding carboxylic acids is 1. The van der Waals surface area contributed by atoms with Crippen molar-refractivity contribution in [3.05, 3.63) is 51.4 Å². The lowest BCUT2D eigenvalue weighted by Crippen LogP contribution is -2.06. The quantitative estimate of drug-likeness (QED) is 0.613. The summed E-state index contributed by atoms with van der Waals surface area (Å²) < 4.78 is 5.47. The van der Waals surface area contributed by atoms with E-state index in [0.29, 0.717) is 5.69 Å². The summed E-state index contributed by atoms with van der Waals surface area (Å²) in [5.41, 5.74) is 3.64. The molecule has 92 valence electrons. The molecule has 1 heterocycles. The zero-order valence-electron chi connectivity index (χ0n) is 10.1. The molecule has 0 spiro atoms. The Kier molecular flexibility index (Phi) is 3.96. The van der Waals surface area contributed by atoms with Crippen LogP contribution in [0.5, 0.6) is 0 Å². The lowest BCUT2D eigenvalue weighted by Gasteiger charge is -2.06. The Morgan fingerprint density at radius 2 is 2.06 bits per heavy atom. The van der Waals surface area contributed by atoms with Gasteiger partial charge in [0.15, 0.2) is 5.69 Å². The predicted molar refractivity (Wildman–Crippen MR) is 78.5 cm³/mol. The Morgan fingerprint density at radius 3 is 2.67 bits per heavy atom. The van der Waals surface area contributed by atoms with E-state index in [0.717, 1.165) is 14.7 Å². The van der Waals surface area contributed by atoms with Gasteiger partial charge in [0.2, 0.25) is 0 Å². The van der Waals surface area contributed by atoms with Crippen molar-refractivity contribution in [2.24, 2.45) is 0 Å². The topological polar surface area (TPSA) is 39.2 Å². The van der Waals surface area contributed by atoms with Crippen molar-refractivity contribution in [2.75, 3.05) is 7.11 Å². The molecule has 0 fully saturated rings. The van der Waals surface area contributed by atoms with E-state index in [-0.39, 0.29) is 0 Å². The van der Waals surface area contributed by atoms with E-state index in [2.05, 4.69) is 38.4 Å². The van der Waals surface area contributed by atoms with Crippen molar-refractivity contribution in [1.82, 2.24) is 4.98 Å². The first-order valence-corrected chi connectivity index (χ1v) is 6.50. The van der Waals surface area contributed by atoms with Gasteiger partial charge in [0.1, 0.15) is 0 Å². The van der Waals surface area contributed by atoms with Crippen LogP contribution in [-0.2, 0) is 4.74 Å². The molecule has 0 aliphatic rings. The number of methoxy groups -OCH3 is 1. The van der Waals surface area contributed by atoms with E-state index in [1.165, 1.54) is 12.7 Å². The lowest BCUT2D eigenvalue weighted by molar-refractivity contribution is 0.0593. The molecule has 4 heteroatoms. The number of aryl methyl sites for hydroxylation is 1. The number of ether oxygens (including phenoxy) is 1. The highest BCUT2D eigenvalue weighted by Crippen LogP contribution is 2.23. The summed E-state index contributed by atoms with van der Waals surface area (Å²) >= 11 is 2.10. The Bertz CT molecular complexity index is 596. The van der Waals surface area contributed by atoms with Crippen molar-refractivity contribution >= 4 is 28.6 Å². The summed E-state index contributed by atoms with van der Waals surface area (Å²) in [4.78, 5) is 15.6. The van der Waals surface area contributed by atoms with Gasteiger partial charge in [0.05, 0.1) is 7.11 Å². The van der Waals surface area contributed by atoms with Crippen molar-refractivity contribution in [3.63, 3.8) is 0 Å². The summed E-state index contributed by atoms with van der Waals surface area (Å²) in [6.45, 7) is 2.05. The molecule has 1 aromatic heterocycles. The average molecular weight is 353 g/mol. The van der Waals surface area contributed by atoms with Crippen molar-refractivity contribution < 1.29 is 9.53 Å². The third kappa shape index (κ3) is 2.69. The number of carbonyl (C=O) groups is 1. The van der Waals surface area contributed by atoms with Crippen LogP contribution in [0.25, 0.3) is 11.1 Å². The molecule has 2 rings (SSSR count). The molecule has 0 atom stereocenters. The average Bonchev–Trinajstić information content (AvgIpc) is 2.37. The van der Waals surface area contributed by atoms with Gasteiger partial charge in [-0.15, -0.1) is 0 Å². The van der Waals surface area contributed by atoms with E-state index in [4.69, 9.17) is 0 Å². The number of rotatable bonds is 2. The number of hydrogen-bond acceptors (Lipinski definition) is 3. The Labute approximate surface area is 119 Å². The van der Waals surface area contributed by atoms with Crippen LogP contribution in [-0.4, -0.2) is 18.1 Å². The fourth-order valence-corrected chi connectivity index (χ4v) is 2.36. The summed E-state index contributed by atoms with van der Waals surface area (Å²) in [6, 6.07) is 10.1.